The van der Waals surface area contributed by atoms with Crippen LogP contribution in [0.3, 0.4) is 0 Å². The van der Waals surface area contributed by atoms with Gasteiger partial charge in [0.2, 0.25) is 0 Å². The maximum atomic E-state index is 8.44. The molecule has 2 rings (SSSR count). The van der Waals surface area contributed by atoms with Crippen molar-refractivity contribution in [3.8, 4) is 0 Å². The van der Waals surface area contributed by atoms with Crippen LogP contribution in [0.2, 0.25) is 0 Å². The molecule has 2 heteroatoms. The molecule has 0 aromatic heterocycles. The van der Waals surface area contributed by atoms with Gasteiger partial charge in [-0.15, -0.1) is 6.42 Å². The van der Waals surface area contributed by atoms with Crippen LogP contribution in [0.5, 0.6) is 0 Å². The fourth-order valence-electron chi connectivity index (χ4n) is 1.08. The molecule has 0 aromatic carbocycles. The van der Waals surface area contributed by atoms with Crippen molar-refractivity contribution < 1.29 is 22.2 Å². The van der Waals surface area contributed by atoms with E-state index >= 15 is 0 Å². The number of allylic oxidation sites excluding steroid dienone is 7. The van der Waals surface area contributed by atoms with E-state index in [-0.39, 0.29) is 23.7 Å². The Bertz CT molecular complexity index is 239. The van der Waals surface area contributed by atoms with E-state index in [4.69, 9.17) is 5.11 Å². The molecular weight excluding hydrogens is 216 g/mol. The van der Waals surface area contributed by atoms with E-state index in [2.05, 4.69) is 18.2 Å². The molecule has 0 bridgehead atoms. The summed E-state index contributed by atoms with van der Waals surface area (Å²) in [5.74, 6) is 0. The molecule has 0 unspecified atom stereocenters. The van der Waals surface area contributed by atoms with Gasteiger partial charge in [-0.25, -0.2) is 23.8 Å². The first kappa shape index (κ1) is 13.4. The first-order chi connectivity index (χ1) is 6.43. The Balaban J connectivity index is 0.000000246. The molecule has 76 valence electrons. The van der Waals surface area contributed by atoms with Gasteiger partial charge in [-0.2, -0.15) is 12.2 Å². The van der Waals surface area contributed by atoms with Gasteiger partial charge in [0.15, 0.2) is 0 Å². The second-order valence-electron chi connectivity index (χ2n) is 2.86. The third kappa shape index (κ3) is 5.98. The Morgan fingerprint density at radius 2 is 2.14 bits per heavy atom. The molecule has 0 radical (unpaired) electrons. The van der Waals surface area contributed by atoms with Gasteiger partial charge in [0.1, 0.15) is 0 Å². The molecule has 0 amide bonds. The Hall–Kier alpha value is -0.561. The molecule has 0 fully saturated rings. The monoisotopic (exact) mass is 230 g/mol. The van der Waals surface area contributed by atoms with E-state index < -0.39 is 0 Å². The van der Waals surface area contributed by atoms with Crippen molar-refractivity contribution in [1.29, 1.82) is 0 Å². The summed E-state index contributed by atoms with van der Waals surface area (Å²) in [7, 11) is 0. The van der Waals surface area contributed by atoms with Crippen LogP contribution < -0.4 is 0 Å². The predicted molar refractivity (Wildman–Crippen MR) is 53.8 cm³/mol. The van der Waals surface area contributed by atoms with E-state index in [1.807, 2.05) is 24.3 Å². The molecule has 0 saturated carbocycles. The number of hydrogen-bond donors (Lipinski definition) is 1. The third-order valence-corrected chi connectivity index (χ3v) is 1.79. The Kier molecular flexibility index (Phi) is 8.65. The Labute approximate surface area is 96.4 Å². The van der Waals surface area contributed by atoms with Crippen LogP contribution in [0, 0.1) is 12.2 Å². The number of aliphatic hydroxyl groups excluding tert-OH is 1. The number of rotatable bonds is 2. The maximum Gasteiger partial charge on any atom is 2.00 e. The van der Waals surface area contributed by atoms with Crippen LogP contribution in [0.25, 0.3) is 0 Å². The predicted octanol–water partition coefficient (Wildman–Crippen LogP) is 2.36. The second-order valence-corrected chi connectivity index (χ2v) is 2.86. The summed E-state index contributed by atoms with van der Waals surface area (Å²) in [4.78, 5) is 0. The molecule has 1 N–H and O–H groups in total. The van der Waals surface area contributed by atoms with E-state index in [9.17, 15) is 0 Å². The van der Waals surface area contributed by atoms with Crippen molar-refractivity contribution in [2.24, 2.45) is 0 Å². The average Bonchev–Trinajstić information content (AvgIpc) is 2.79. The second kappa shape index (κ2) is 9.01. The van der Waals surface area contributed by atoms with Crippen LogP contribution in [0.15, 0.2) is 36.0 Å². The quantitative estimate of drug-likeness (QED) is 0.570. The van der Waals surface area contributed by atoms with Gasteiger partial charge in [-0.05, 0) is 0 Å². The Morgan fingerprint density at radius 3 is 2.50 bits per heavy atom. The van der Waals surface area contributed by atoms with Crippen LogP contribution in [-0.4, -0.2) is 11.7 Å². The molecule has 0 saturated heterocycles. The summed E-state index contributed by atoms with van der Waals surface area (Å²) in [6.07, 6.45) is 18.7. The summed E-state index contributed by atoms with van der Waals surface area (Å²) >= 11 is 0. The molecule has 0 aromatic rings. The van der Waals surface area contributed by atoms with Gasteiger partial charge in [0, 0.05) is 6.61 Å². The van der Waals surface area contributed by atoms with E-state index in [0.29, 0.717) is 0 Å². The SMILES string of the molecule is OCCC1=C[C-]=CC1.[C-]1=CCC=C1.[Fe+2]. The molecule has 2 aliphatic rings. The standard InChI is InChI=1S/C7H9O.C5H5.Fe/c8-6-5-7-3-1-2-4-7;1-2-4-5-3-1;/h1,4,8H,3,5-6H2;1-2,5H,3H2;/q2*-1;+2. The summed E-state index contributed by atoms with van der Waals surface area (Å²) in [6.45, 7) is 0.265. The molecule has 2 aliphatic carbocycles. The van der Waals surface area contributed by atoms with Gasteiger partial charge in [0.25, 0.3) is 0 Å². The van der Waals surface area contributed by atoms with Gasteiger partial charge < -0.3 is 5.11 Å². The molecule has 0 spiro atoms. The van der Waals surface area contributed by atoms with E-state index in [1.54, 1.807) is 0 Å². The van der Waals surface area contributed by atoms with Crippen molar-refractivity contribution in [3.05, 3.63) is 48.1 Å². The number of hydrogen-bond acceptors (Lipinski definition) is 1. The normalized spacial score (nSPS) is 15.9. The van der Waals surface area contributed by atoms with Crippen molar-refractivity contribution >= 4 is 0 Å². The van der Waals surface area contributed by atoms with Gasteiger partial charge >= 0.3 is 17.1 Å². The van der Waals surface area contributed by atoms with Crippen molar-refractivity contribution in [3.63, 3.8) is 0 Å². The zero-order valence-electron chi connectivity index (χ0n) is 8.02. The summed E-state index contributed by atoms with van der Waals surface area (Å²) < 4.78 is 0. The fraction of sp³-hybridized carbons (Fsp3) is 0.333. The average molecular weight is 230 g/mol. The minimum absolute atomic E-state index is 0. The van der Waals surface area contributed by atoms with Gasteiger partial charge in [-0.3, -0.25) is 12.2 Å². The first-order valence-electron chi connectivity index (χ1n) is 4.52. The van der Waals surface area contributed by atoms with Crippen molar-refractivity contribution in [2.75, 3.05) is 6.61 Å². The first-order valence-corrected chi connectivity index (χ1v) is 4.52. The zero-order chi connectivity index (χ0) is 9.36. The minimum Gasteiger partial charge on any atom is -0.398 e. The van der Waals surface area contributed by atoms with Crippen LogP contribution >= 0.6 is 0 Å². The topological polar surface area (TPSA) is 20.2 Å². The zero-order valence-corrected chi connectivity index (χ0v) is 9.12. The van der Waals surface area contributed by atoms with E-state index in [1.165, 1.54) is 5.57 Å². The smallest absolute Gasteiger partial charge is 0.398 e. The molecular formula is C12H14FeO. The van der Waals surface area contributed by atoms with Gasteiger partial charge in [-0.1, -0.05) is 12.8 Å². The van der Waals surface area contributed by atoms with Gasteiger partial charge in [0.05, 0.1) is 0 Å². The summed E-state index contributed by atoms with van der Waals surface area (Å²) in [6, 6.07) is 0. The van der Waals surface area contributed by atoms with E-state index in [0.717, 1.165) is 19.3 Å². The summed E-state index contributed by atoms with van der Waals surface area (Å²) in [5, 5.41) is 8.44. The molecule has 14 heavy (non-hydrogen) atoms. The Morgan fingerprint density at radius 1 is 1.29 bits per heavy atom. The molecule has 1 nitrogen and oxygen atoms in total. The van der Waals surface area contributed by atoms with Crippen LogP contribution in [-0.2, 0) is 17.1 Å². The fourth-order valence-corrected chi connectivity index (χ4v) is 1.08. The minimum atomic E-state index is 0. The molecule has 0 aliphatic heterocycles. The van der Waals surface area contributed by atoms with Crippen molar-refractivity contribution in [1.82, 2.24) is 0 Å². The van der Waals surface area contributed by atoms with Crippen LogP contribution in [0.4, 0.5) is 0 Å². The molecule has 0 atom stereocenters. The van der Waals surface area contributed by atoms with Crippen molar-refractivity contribution in [2.45, 2.75) is 19.3 Å². The maximum absolute atomic E-state index is 8.44. The number of aliphatic hydroxyl groups is 1. The van der Waals surface area contributed by atoms with Crippen LogP contribution in [0.1, 0.15) is 19.3 Å². The summed E-state index contributed by atoms with van der Waals surface area (Å²) in [5.41, 5.74) is 1.28. The third-order valence-electron chi connectivity index (χ3n) is 1.79. The largest absolute Gasteiger partial charge is 2.00 e. The molecule has 0 heterocycles.